The zero-order valence-corrected chi connectivity index (χ0v) is 26.2. The van der Waals surface area contributed by atoms with E-state index in [2.05, 4.69) is 59.0 Å². The minimum Gasteiger partial charge on any atom is -0.505 e. The van der Waals surface area contributed by atoms with E-state index in [1.165, 1.54) is 11.1 Å². The first kappa shape index (κ1) is 29.4. The molecule has 0 radical (unpaired) electrons. The number of hydrogen-bond donors (Lipinski definition) is 2. The Balaban J connectivity index is 1.87. The molecule has 5 aliphatic heterocycles. The highest BCUT2D eigenvalue weighted by Crippen LogP contribution is 2.37. The topological polar surface area (TPSA) is 86.4 Å². The number of carbonyl (C=O) groups excluding carboxylic acids is 1. The highest BCUT2D eigenvalue weighted by atomic mass is 16.3. The molecule has 6 heteroatoms. The van der Waals surface area contributed by atoms with Gasteiger partial charge in [-0.1, -0.05) is 41.5 Å². The predicted octanol–water partition coefficient (Wildman–Crippen LogP) is 8.53. The van der Waals surface area contributed by atoms with Gasteiger partial charge in [0, 0.05) is 11.3 Å². The standard InChI is InChI=1S/C36H42N4O2/c1-9-21-19(7)35(41)33-17-31-25(13-5)26(14-6)32(38-31)18-34-36(42)20(8)22(10-2)28(40-34)16-30-24(12-4)23(11-3)29(37-30)15-27(21)39-33/h15-18,39,41H,9-14H2,1-8H3. The van der Waals surface area contributed by atoms with Gasteiger partial charge in [-0.15, -0.1) is 0 Å². The molecule has 8 bridgehead atoms. The van der Waals surface area contributed by atoms with Crippen LogP contribution in [0.3, 0.4) is 0 Å². The number of aliphatic imine (C=N–C) groups is 3. The van der Waals surface area contributed by atoms with Crippen LogP contribution in [0.2, 0.25) is 0 Å². The smallest absolute Gasteiger partial charge is 0.207 e. The Morgan fingerprint density at radius 1 is 0.571 bits per heavy atom. The molecule has 6 nitrogen and oxygen atoms in total. The number of rotatable bonds is 6. The fourth-order valence-corrected chi connectivity index (χ4v) is 6.68. The maximum Gasteiger partial charge on any atom is 0.207 e. The van der Waals surface area contributed by atoms with Crippen LogP contribution in [0, 0.1) is 0 Å². The number of aliphatic hydroxyl groups is 1. The number of carbonyl (C=O) groups is 1. The molecule has 0 aromatic carbocycles. The molecule has 5 rings (SSSR count). The Kier molecular flexibility index (Phi) is 8.18. The van der Waals surface area contributed by atoms with Crippen molar-refractivity contribution >= 4 is 22.9 Å². The van der Waals surface area contributed by atoms with E-state index >= 15 is 0 Å². The van der Waals surface area contributed by atoms with Gasteiger partial charge < -0.3 is 10.4 Å². The number of nitrogens with one attached hydrogen (secondary N) is 1. The molecule has 0 fully saturated rings. The van der Waals surface area contributed by atoms with Crippen molar-refractivity contribution in [2.24, 2.45) is 15.0 Å². The summed E-state index contributed by atoms with van der Waals surface area (Å²) in [5.41, 5.74) is 14.4. The van der Waals surface area contributed by atoms with Crippen molar-refractivity contribution in [1.82, 2.24) is 5.32 Å². The van der Waals surface area contributed by atoms with Gasteiger partial charge in [-0.05, 0) is 116 Å². The first-order valence-corrected chi connectivity index (χ1v) is 15.4. The van der Waals surface area contributed by atoms with Crippen LogP contribution in [0.25, 0.3) is 0 Å². The molecule has 2 N–H and O–H groups in total. The first-order valence-electron chi connectivity index (χ1n) is 15.4. The fourth-order valence-electron chi connectivity index (χ4n) is 6.68. The number of Topliss-reactive ketones (excluding diaryl/α,β-unsaturated/α-hetero) is 1. The van der Waals surface area contributed by atoms with Gasteiger partial charge in [0.2, 0.25) is 5.78 Å². The van der Waals surface area contributed by atoms with Crippen molar-refractivity contribution in [3.8, 4) is 0 Å². The monoisotopic (exact) mass is 562 g/mol. The van der Waals surface area contributed by atoms with Crippen LogP contribution in [-0.4, -0.2) is 28.0 Å². The van der Waals surface area contributed by atoms with Gasteiger partial charge in [0.05, 0.1) is 34.2 Å². The van der Waals surface area contributed by atoms with Crippen LogP contribution in [0.1, 0.15) is 93.9 Å². The van der Waals surface area contributed by atoms with E-state index in [0.29, 0.717) is 17.8 Å². The van der Waals surface area contributed by atoms with E-state index in [1.807, 2.05) is 26.0 Å². The molecule has 0 saturated heterocycles. The lowest BCUT2D eigenvalue weighted by atomic mass is 9.91. The van der Waals surface area contributed by atoms with Crippen LogP contribution in [-0.2, 0) is 4.79 Å². The Labute approximate surface area is 249 Å². The summed E-state index contributed by atoms with van der Waals surface area (Å²) < 4.78 is 0. The van der Waals surface area contributed by atoms with Crippen molar-refractivity contribution in [3.05, 3.63) is 103 Å². The molecular weight excluding hydrogens is 520 g/mol. The molecule has 0 unspecified atom stereocenters. The summed E-state index contributed by atoms with van der Waals surface area (Å²) in [5, 5.41) is 14.9. The number of dihydropyridines is 2. The van der Waals surface area contributed by atoms with Crippen molar-refractivity contribution in [2.75, 3.05) is 0 Å². The zero-order chi connectivity index (χ0) is 30.3. The van der Waals surface area contributed by atoms with Crippen LogP contribution in [0.5, 0.6) is 0 Å². The molecule has 0 amide bonds. The first-order chi connectivity index (χ1) is 20.2. The second-order valence-corrected chi connectivity index (χ2v) is 11.1. The number of aliphatic hydroxyl groups excluding tert-OH is 1. The van der Waals surface area contributed by atoms with Crippen molar-refractivity contribution in [1.29, 1.82) is 0 Å². The van der Waals surface area contributed by atoms with E-state index in [9.17, 15) is 9.90 Å². The predicted molar refractivity (Wildman–Crippen MR) is 174 cm³/mol. The van der Waals surface area contributed by atoms with Gasteiger partial charge in [0.25, 0.3) is 0 Å². The molecule has 5 aliphatic rings. The highest BCUT2D eigenvalue weighted by molar-refractivity contribution is 6.26. The van der Waals surface area contributed by atoms with Crippen LogP contribution in [0.15, 0.2) is 118 Å². The molecule has 0 spiro atoms. The van der Waals surface area contributed by atoms with E-state index in [0.717, 1.165) is 99.8 Å². The second kappa shape index (κ2) is 11.7. The SMILES string of the molecule is CCC1=C(C)C(O)=C2C=C3N=C(C=C4N=C(C=C5N=C(C=C1N2)C(CC)=C5CC)C(CC)=C(C)C4=O)C(CC)=C3CC. The Morgan fingerprint density at radius 3 is 1.57 bits per heavy atom. The van der Waals surface area contributed by atoms with E-state index in [4.69, 9.17) is 15.0 Å². The van der Waals surface area contributed by atoms with Gasteiger partial charge >= 0.3 is 0 Å². The van der Waals surface area contributed by atoms with Crippen LogP contribution in [0.4, 0.5) is 0 Å². The maximum absolute atomic E-state index is 13.6. The summed E-state index contributed by atoms with van der Waals surface area (Å²) in [5.74, 6) is 0.168. The van der Waals surface area contributed by atoms with Gasteiger partial charge in [0.1, 0.15) is 11.5 Å². The Hall–Kier alpha value is -4.06. The Morgan fingerprint density at radius 2 is 1.02 bits per heavy atom. The molecule has 0 aromatic rings. The van der Waals surface area contributed by atoms with E-state index < -0.39 is 0 Å². The third-order valence-corrected chi connectivity index (χ3v) is 8.91. The van der Waals surface area contributed by atoms with Gasteiger partial charge in [-0.3, -0.25) is 4.79 Å². The van der Waals surface area contributed by atoms with Crippen LogP contribution < -0.4 is 5.32 Å². The van der Waals surface area contributed by atoms with E-state index in [1.54, 1.807) is 0 Å². The molecule has 218 valence electrons. The number of ketones is 1. The number of allylic oxidation sites excluding steroid dienone is 12. The summed E-state index contributed by atoms with van der Waals surface area (Å²) in [6.45, 7) is 16.6. The largest absolute Gasteiger partial charge is 0.505 e. The summed E-state index contributed by atoms with van der Waals surface area (Å²) >= 11 is 0. The van der Waals surface area contributed by atoms with Crippen molar-refractivity contribution in [2.45, 2.75) is 93.9 Å². The van der Waals surface area contributed by atoms with E-state index in [-0.39, 0.29) is 11.5 Å². The second-order valence-electron chi connectivity index (χ2n) is 11.1. The lowest BCUT2D eigenvalue weighted by molar-refractivity contribution is -0.112. The molecule has 0 atom stereocenters. The number of nitrogens with zero attached hydrogens (tertiary/aromatic N) is 3. The molecule has 0 aromatic heterocycles. The summed E-state index contributed by atoms with van der Waals surface area (Å²) in [7, 11) is 0. The average Bonchev–Trinajstić information content (AvgIpc) is 3.49. The third-order valence-electron chi connectivity index (χ3n) is 8.91. The Bertz CT molecular complexity index is 1670. The fraction of sp³-hybridized carbons (Fsp3) is 0.389. The minimum atomic E-state index is -0.0606. The quantitative estimate of drug-likeness (QED) is 0.340. The van der Waals surface area contributed by atoms with Gasteiger partial charge in [0.15, 0.2) is 0 Å². The normalized spacial score (nSPS) is 20.9. The number of fused-ring (bicyclic) bond motifs is 5. The summed E-state index contributed by atoms with van der Waals surface area (Å²) in [6, 6.07) is 0. The lowest BCUT2D eigenvalue weighted by Gasteiger charge is -2.24. The third kappa shape index (κ3) is 4.77. The molecular formula is C36H42N4O2. The van der Waals surface area contributed by atoms with Crippen LogP contribution >= 0.6 is 0 Å². The average molecular weight is 563 g/mol. The summed E-state index contributed by atoms with van der Waals surface area (Å²) in [4.78, 5) is 28.7. The van der Waals surface area contributed by atoms with Gasteiger partial charge in [-0.2, -0.15) is 0 Å². The number of hydrogen-bond acceptors (Lipinski definition) is 6. The molecule has 42 heavy (non-hydrogen) atoms. The van der Waals surface area contributed by atoms with Gasteiger partial charge in [-0.25, -0.2) is 15.0 Å². The highest BCUT2D eigenvalue weighted by Gasteiger charge is 2.30. The minimum absolute atomic E-state index is 0.0606. The molecule has 0 aliphatic carbocycles. The lowest BCUT2D eigenvalue weighted by Crippen LogP contribution is -2.23. The summed E-state index contributed by atoms with van der Waals surface area (Å²) in [6.07, 6.45) is 12.7. The van der Waals surface area contributed by atoms with Crippen molar-refractivity contribution < 1.29 is 9.90 Å². The maximum atomic E-state index is 13.6. The zero-order valence-electron chi connectivity index (χ0n) is 26.2. The molecule has 5 heterocycles. The molecule has 0 saturated carbocycles. The van der Waals surface area contributed by atoms with Crippen molar-refractivity contribution in [3.63, 3.8) is 0 Å².